The highest BCUT2D eigenvalue weighted by molar-refractivity contribution is 5.42. The van der Waals surface area contributed by atoms with Crippen molar-refractivity contribution in [1.29, 1.82) is 0 Å². The molecule has 2 heterocycles. The highest BCUT2D eigenvalue weighted by atomic mass is 16.3. The molecule has 0 aromatic heterocycles. The first-order chi connectivity index (χ1) is 10.0. The van der Waals surface area contributed by atoms with E-state index in [2.05, 4.69) is 29.0 Å². The number of aryl methyl sites for hydroxylation is 2. The van der Waals surface area contributed by atoms with Gasteiger partial charge in [-0.3, -0.25) is 4.90 Å². The Balaban J connectivity index is 1.67. The van der Waals surface area contributed by atoms with Gasteiger partial charge in [-0.2, -0.15) is 0 Å². The Bertz CT molecular complexity index is 491. The van der Waals surface area contributed by atoms with Gasteiger partial charge in [0.2, 0.25) is 0 Å². The number of aromatic hydroxyl groups is 1. The van der Waals surface area contributed by atoms with Crippen LogP contribution >= 0.6 is 0 Å². The van der Waals surface area contributed by atoms with Gasteiger partial charge in [-0.25, -0.2) is 0 Å². The summed E-state index contributed by atoms with van der Waals surface area (Å²) in [6.45, 7) is 8.72. The molecule has 3 heteroatoms. The fourth-order valence-corrected chi connectivity index (χ4v) is 4.27. The minimum atomic E-state index is 0.450. The molecule has 0 aliphatic carbocycles. The number of fused-ring (bicyclic) bond motifs is 1. The van der Waals surface area contributed by atoms with Gasteiger partial charge in [-0.1, -0.05) is 12.1 Å². The van der Waals surface area contributed by atoms with Crippen molar-refractivity contribution in [1.82, 2.24) is 9.80 Å². The number of likely N-dealkylation sites (tertiary alicyclic amines) is 2. The van der Waals surface area contributed by atoms with Crippen LogP contribution < -0.4 is 0 Å². The van der Waals surface area contributed by atoms with E-state index in [0.29, 0.717) is 5.75 Å². The Labute approximate surface area is 128 Å². The van der Waals surface area contributed by atoms with Crippen molar-refractivity contribution in [2.24, 2.45) is 5.92 Å². The molecule has 0 amide bonds. The Morgan fingerprint density at radius 1 is 1.14 bits per heavy atom. The SMILES string of the molecule is Cc1cc(CN2CCC3C(CCCN3C)C2)cc(C)c1O. The fourth-order valence-electron chi connectivity index (χ4n) is 4.27. The largest absolute Gasteiger partial charge is 0.507 e. The zero-order chi connectivity index (χ0) is 15.0. The molecule has 1 aromatic carbocycles. The van der Waals surface area contributed by atoms with Crippen LogP contribution in [0.4, 0.5) is 0 Å². The lowest BCUT2D eigenvalue weighted by Crippen LogP contribution is -2.52. The Morgan fingerprint density at radius 2 is 1.86 bits per heavy atom. The molecule has 0 saturated carbocycles. The lowest BCUT2D eigenvalue weighted by atomic mass is 9.84. The number of piperidine rings is 2. The topological polar surface area (TPSA) is 26.7 Å². The number of phenols is 1. The van der Waals surface area contributed by atoms with Crippen molar-refractivity contribution in [2.45, 2.75) is 45.7 Å². The van der Waals surface area contributed by atoms with Crippen molar-refractivity contribution in [3.05, 3.63) is 28.8 Å². The molecule has 0 bridgehead atoms. The van der Waals surface area contributed by atoms with Gasteiger partial charge in [0.15, 0.2) is 0 Å². The van der Waals surface area contributed by atoms with E-state index in [4.69, 9.17) is 0 Å². The van der Waals surface area contributed by atoms with E-state index < -0.39 is 0 Å². The first kappa shape index (κ1) is 14.9. The van der Waals surface area contributed by atoms with Crippen LogP contribution in [0.25, 0.3) is 0 Å². The van der Waals surface area contributed by atoms with Gasteiger partial charge >= 0.3 is 0 Å². The van der Waals surface area contributed by atoms with E-state index in [1.54, 1.807) is 0 Å². The predicted octanol–water partition coefficient (Wildman–Crippen LogP) is 2.93. The summed E-state index contributed by atoms with van der Waals surface area (Å²) in [5, 5.41) is 9.90. The van der Waals surface area contributed by atoms with Crippen LogP contribution in [0, 0.1) is 19.8 Å². The molecule has 116 valence electrons. The predicted molar refractivity (Wildman–Crippen MR) is 86.6 cm³/mol. The fraction of sp³-hybridized carbons (Fsp3) is 0.667. The summed E-state index contributed by atoms with van der Waals surface area (Å²) in [7, 11) is 2.29. The van der Waals surface area contributed by atoms with Crippen molar-refractivity contribution in [3.8, 4) is 5.75 Å². The minimum absolute atomic E-state index is 0.450. The van der Waals surface area contributed by atoms with Crippen LogP contribution in [0.2, 0.25) is 0 Å². The molecule has 2 fully saturated rings. The molecule has 1 aromatic rings. The smallest absolute Gasteiger partial charge is 0.121 e. The monoisotopic (exact) mass is 288 g/mol. The molecule has 21 heavy (non-hydrogen) atoms. The van der Waals surface area contributed by atoms with Gasteiger partial charge in [0.05, 0.1) is 0 Å². The molecule has 3 rings (SSSR count). The minimum Gasteiger partial charge on any atom is -0.507 e. The average Bonchev–Trinajstić information content (AvgIpc) is 2.45. The molecular weight excluding hydrogens is 260 g/mol. The molecule has 2 aliphatic heterocycles. The van der Waals surface area contributed by atoms with Gasteiger partial charge in [0.1, 0.15) is 5.75 Å². The molecular formula is C18H28N2O. The highest BCUT2D eigenvalue weighted by Gasteiger charge is 2.34. The molecule has 2 aliphatic rings. The van der Waals surface area contributed by atoms with Crippen LogP contribution in [0.15, 0.2) is 12.1 Å². The summed E-state index contributed by atoms with van der Waals surface area (Å²) in [6, 6.07) is 5.08. The Kier molecular flexibility index (Phi) is 4.23. The Morgan fingerprint density at radius 3 is 2.57 bits per heavy atom. The molecule has 0 radical (unpaired) electrons. The molecule has 1 N–H and O–H groups in total. The normalized spacial score (nSPS) is 27.6. The number of rotatable bonds is 2. The second kappa shape index (κ2) is 5.98. The number of hydrogen-bond acceptors (Lipinski definition) is 3. The van der Waals surface area contributed by atoms with Crippen LogP contribution in [0.1, 0.15) is 36.0 Å². The van der Waals surface area contributed by atoms with Gasteiger partial charge in [-0.15, -0.1) is 0 Å². The number of hydrogen-bond donors (Lipinski definition) is 1. The number of phenolic OH excluding ortho intramolecular Hbond substituents is 1. The summed E-state index contributed by atoms with van der Waals surface area (Å²) in [5.74, 6) is 1.29. The lowest BCUT2D eigenvalue weighted by Gasteiger charge is -2.46. The third kappa shape index (κ3) is 3.09. The summed E-state index contributed by atoms with van der Waals surface area (Å²) < 4.78 is 0. The van der Waals surface area contributed by atoms with E-state index in [1.165, 1.54) is 44.5 Å². The van der Waals surface area contributed by atoms with Crippen molar-refractivity contribution in [3.63, 3.8) is 0 Å². The summed E-state index contributed by atoms with van der Waals surface area (Å²) in [6.07, 6.45) is 4.04. The number of nitrogens with zero attached hydrogens (tertiary/aromatic N) is 2. The van der Waals surface area contributed by atoms with Crippen LogP contribution in [0.5, 0.6) is 5.75 Å². The van der Waals surface area contributed by atoms with E-state index in [-0.39, 0.29) is 0 Å². The molecule has 0 spiro atoms. The zero-order valence-corrected chi connectivity index (χ0v) is 13.6. The number of benzene rings is 1. The molecule has 3 nitrogen and oxygen atoms in total. The standard InChI is InChI=1S/C18H28N2O/c1-13-9-15(10-14(2)18(13)21)11-20-8-6-17-16(12-20)5-4-7-19(17)3/h9-10,16-17,21H,4-8,11-12H2,1-3H3. The summed E-state index contributed by atoms with van der Waals surface area (Å²) >= 11 is 0. The first-order valence-corrected chi connectivity index (χ1v) is 8.26. The van der Waals surface area contributed by atoms with Crippen LogP contribution in [-0.4, -0.2) is 47.6 Å². The van der Waals surface area contributed by atoms with Crippen LogP contribution in [-0.2, 0) is 6.54 Å². The molecule has 2 atom stereocenters. The third-order valence-electron chi connectivity index (χ3n) is 5.39. The Hall–Kier alpha value is -1.06. The van der Waals surface area contributed by atoms with Gasteiger partial charge in [0.25, 0.3) is 0 Å². The van der Waals surface area contributed by atoms with Gasteiger partial charge in [0, 0.05) is 19.1 Å². The molecule has 2 saturated heterocycles. The van der Waals surface area contributed by atoms with Crippen molar-refractivity contribution in [2.75, 3.05) is 26.7 Å². The maximum atomic E-state index is 9.90. The highest BCUT2D eigenvalue weighted by Crippen LogP contribution is 2.31. The molecule has 2 unspecified atom stereocenters. The first-order valence-electron chi connectivity index (χ1n) is 8.26. The van der Waals surface area contributed by atoms with Crippen molar-refractivity contribution >= 4 is 0 Å². The van der Waals surface area contributed by atoms with E-state index in [9.17, 15) is 5.11 Å². The average molecular weight is 288 g/mol. The second-order valence-corrected chi connectivity index (χ2v) is 7.05. The quantitative estimate of drug-likeness (QED) is 0.906. The van der Waals surface area contributed by atoms with E-state index in [1.807, 2.05) is 13.8 Å². The van der Waals surface area contributed by atoms with E-state index in [0.717, 1.165) is 29.6 Å². The summed E-state index contributed by atoms with van der Waals surface area (Å²) in [5.41, 5.74) is 3.33. The van der Waals surface area contributed by atoms with E-state index >= 15 is 0 Å². The van der Waals surface area contributed by atoms with Gasteiger partial charge in [-0.05, 0) is 75.9 Å². The van der Waals surface area contributed by atoms with Crippen molar-refractivity contribution < 1.29 is 5.11 Å². The maximum absolute atomic E-state index is 9.90. The summed E-state index contributed by atoms with van der Waals surface area (Å²) in [4.78, 5) is 5.17. The lowest BCUT2D eigenvalue weighted by molar-refractivity contribution is 0.0355. The zero-order valence-electron chi connectivity index (χ0n) is 13.6. The van der Waals surface area contributed by atoms with Gasteiger partial charge < -0.3 is 10.0 Å². The van der Waals surface area contributed by atoms with Crippen LogP contribution in [0.3, 0.4) is 0 Å². The third-order valence-corrected chi connectivity index (χ3v) is 5.39. The second-order valence-electron chi connectivity index (χ2n) is 7.05. The maximum Gasteiger partial charge on any atom is 0.121 e.